The van der Waals surface area contributed by atoms with Gasteiger partial charge in [-0.15, -0.1) is 0 Å². The molecule has 2 rings (SSSR count). The van der Waals surface area contributed by atoms with Crippen LogP contribution in [0, 0.1) is 0 Å². The lowest BCUT2D eigenvalue weighted by molar-refractivity contribution is 0.735. The number of H-pyrrole nitrogens is 1. The van der Waals surface area contributed by atoms with Crippen LogP contribution in [0.5, 0.6) is 0 Å². The Labute approximate surface area is 81.9 Å². The summed E-state index contributed by atoms with van der Waals surface area (Å²) < 4.78 is 0. The first kappa shape index (κ1) is 8.93. The molecule has 1 aromatic heterocycles. The van der Waals surface area contributed by atoms with Crippen molar-refractivity contribution >= 4 is 0 Å². The van der Waals surface area contributed by atoms with E-state index < -0.39 is 6.17 Å². The summed E-state index contributed by atoms with van der Waals surface area (Å²) in [4.78, 5) is 0. The fraction of sp³-hybridized carbons (Fsp3) is 0.100. The molecule has 14 heavy (non-hydrogen) atoms. The highest BCUT2D eigenvalue weighted by Gasteiger charge is 2.05. The fourth-order valence-corrected chi connectivity index (χ4v) is 1.26. The lowest BCUT2D eigenvalue weighted by atomic mass is 10.1. The van der Waals surface area contributed by atoms with Crippen molar-refractivity contribution in [2.75, 3.05) is 0 Å². The van der Waals surface area contributed by atoms with Crippen LogP contribution in [0.2, 0.25) is 0 Å². The molecule has 0 fully saturated rings. The molecule has 0 saturated carbocycles. The molecule has 4 nitrogen and oxygen atoms in total. The minimum atomic E-state index is -0.500. The molecule has 0 unspecified atom stereocenters. The molecule has 0 bridgehead atoms. The van der Waals surface area contributed by atoms with Crippen molar-refractivity contribution < 1.29 is 0 Å². The molecule has 2 aromatic rings. The second kappa shape index (κ2) is 3.61. The summed E-state index contributed by atoms with van der Waals surface area (Å²) in [6, 6.07) is 11.7. The normalized spacial score (nSPS) is 10.8. The third-order valence-corrected chi connectivity index (χ3v) is 2.03. The van der Waals surface area contributed by atoms with Crippen LogP contribution in [-0.4, -0.2) is 10.2 Å². The number of aromatic nitrogens is 2. The number of hydrogen-bond acceptors (Lipinski definition) is 3. The molecule has 72 valence electrons. The minimum absolute atomic E-state index is 0.500. The molecule has 0 aliphatic carbocycles. The van der Waals surface area contributed by atoms with Gasteiger partial charge in [0.05, 0.1) is 17.6 Å². The highest BCUT2D eigenvalue weighted by Crippen LogP contribution is 2.17. The van der Waals surface area contributed by atoms with E-state index in [0.717, 1.165) is 17.0 Å². The van der Waals surface area contributed by atoms with E-state index in [2.05, 4.69) is 10.2 Å². The molecule has 5 N–H and O–H groups in total. The Morgan fingerprint density at radius 1 is 1.14 bits per heavy atom. The van der Waals surface area contributed by atoms with Gasteiger partial charge in [0.15, 0.2) is 0 Å². The van der Waals surface area contributed by atoms with Crippen molar-refractivity contribution in [3.8, 4) is 11.3 Å². The average Bonchev–Trinajstić information content (AvgIpc) is 2.68. The lowest BCUT2D eigenvalue weighted by Gasteiger charge is -1.97. The molecule has 0 radical (unpaired) electrons. The predicted molar refractivity (Wildman–Crippen MR) is 55.1 cm³/mol. The van der Waals surface area contributed by atoms with Crippen LogP contribution >= 0.6 is 0 Å². The van der Waals surface area contributed by atoms with E-state index in [1.54, 1.807) is 0 Å². The van der Waals surface area contributed by atoms with Crippen LogP contribution in [0.3, 0.4) is 0 Å². The van der Waals surface area contributed by atoms with Gasteiger partial charge in [-0.05, 0) is 6.07 Å². The number of rotatable bonds is 2. The summed E-state index contributed by atoms with van der Waals surface area (Å²) in [5, 5.41) is 6.93. The summed E-state index contributed by atoms with van der Waals surface area (Å²) >= 11 is 0. The van der Waals surface area contributed by atoms with Gasteiger partial charge in [-0.2, -0.15) is 5.10 Å². The van der Waals surface area contributed by atoms with Gasteiger partial charge in [0.1, 0.15) is 0 Å². The first-order valence-corrected chi connectivity index (χ1v) is 4.39. The molecule has 1 aromatic carbocycles. The summed E-state index contributed by atoms with van der Waals surface area (Å²) in [5.74, 6) is 0. The monoisotopic (exact) mass is 188 g/mol. The van der Waals surface area contributed by atoms with E-state index in [1.807, 2.05) is 36.4 Å². The summed E-state index contributed by atoms with van der Waals surface area (Å²) in [6.07, 6.45) is -0.500. The zero-order chi connectivity index (χ0) is 9.97. The third-order valence-electron chi connectivity index (χ3n) is 2.03. The Morgan fingerprint density at radius 3 is 2.43 bits per heavy atom. The molecule has 0 aliphatic heterocycles. The van der Waals surface area contributed by atoms with E-state index in [4.69, 9.17) is 11.5 Å². The SMILES string of the molecule is NC(N)c1cc(-c2ccccc2)n[nH]1. The van der Waals surface area contributed by atoms with Gasteiger partial charge in [0.2, 0.25) is 0 Å². The number of nitrogens with two attached hydrogens (primary N) is 2. The standard InChI is InChI=1S/C10H12N4/c11-10(12)9-6-8(13-14-9)7-4-2-1-3-5-7/h1-6,10H,11-12H2,(H,13,14). The maximum atomic E-state index is 5.51. The molecule has 4 heteroatoms. The fourth-order valence-electron chi connectivity index (χ4n) is 1.26. The van der Waals surface area contributed by atoms with Gasteiger partial charge in [-0.3, -0.25) is 5.10 Å². The maximum Gasteiger partial charge on any atom is 0.0954 e. The summed E-state index contributed by atoms with van der Waals surface area (Å²) in [6.45, 7) is 0. The number of benzene rings is 1. The molecule has 1 heterocycles. The van der Waals surface area contributed by atoms with E-state index in [0.29, 0.717) is 0 Å². The first-order chi connectivity index (χ1) is 6.77. The molecule has 0 spiro atoms. The van der Waals surface area contributed by atoms with E-state index in [9.17, 15) is 0 Å². The van der Waals surface area contributed by atoms with E-state index in [1.165, 1.54) is 0 Å². The van der Waals surface area contributed by atoms with Gasteiger partial charge in [0.25, 0.3) is 0 Å². The Balaban J connectivity index is 2.34. The number of nitrogens with zero attached hydrogens (tertiary/aromatic N) is 1. The molecular weight excluding hydrogens is 176 g/mol. The molecular formula is C10H12N4. The summed E-state index contributed by atoms with van der Waals surface area (Å²) in [5.41, 5.74) is 13.7. The van der Waals surface area contributed by atoms with Crippen LogP contribution in [0.15, 0.2) is 36.4 Å². The summed E-state index contributed by atoms with van der Waals surface area (Å²) in [7, 11) is 0. The first-order valence-electron chi connectivity index (χ1n) is 4.39. The van der Waals surface area contributed by atoms with Crippen molar-refractivity contribution in [3.63, 3.8) is 0 Å². The highest BCUT2D eigenvalue weighted by atomic mass is 15.1. The van der Waals surface area contributed by atoms with Gasteiger partial charge in [0, 0.05) is 5.56 Å². The quantitative estimate of drug-likeness (QED) is 0.615. The largest absolute Gasteiger partial charge is 0.311 e. The smallest absolute Gasteiger partial charge is 0.0954 e. The Kier molecular flexibility index (Phi) is 2.30. The second-order valence-corrected chi connectivity index (χ2v) is 3.10. The van der Waals surface area contributed by atoms with Crippen molar-refractivity contribution in [1.82, 2.24) is 10.2 Å². The Hall–Kier alpha value is -1.65. The number of hydrogen-bond donors (Lipinski definition) is 3. The van der Waals surface area contributed by atoms with Gasteiger partial charge < -0.3 is 11.5 Å². The van der Waals surface area contributed by atoms with Crippen molar-refractivity contribution in [1.29, 1.82) is 0 Å². The van der Waals surface area contributed by atoms with Crippen molar-refractivity contribution in [2.24, 2.45) is 11.5 Å². The van der Waals surface area contributed by atoms with Crippen molar-refractivity contribution in [3.05, 3.63) is 42.1 Å². The van der Waals surface area contributed by atoms with Crippen molar-refractivity contribution in [2.45, 2.75) is 6.17 Å². The molecule has 0 atom stereocenters. The lowest BCUT2D eigenvalue weighted by Crippen LogP contribution is -2.20. The number of aromatic amines is 1. The van der Waals surface area contributed by atoms with Crippen LogP contribution in [0.25, 0.3) is 11.3 Å². The maximum absolute atomic E-state index is 5.51. The van der Waals surface area contributed by atoms with E-state index in [-0.39, 0.29) is 0 Å². The van der Waals surface area contributed by atoms with Gasteiger partial charge >= 0.3 is 0 Å². The minimum Gasteiger partial charge on any atom is -0.311 e. The van der Waals surface area contributed by atoms with Crippen LogP contribution in [0.4, 0.5) is 0 Å². The molecule has 0 amide bonds. The Bertz CT molecular complexity index is 405. The number of nitrogens with one attached hydrogen (secondary N) is 1. The van der Waals surface area contributed by atoms with Crippen LogP contribution in [-0.2, 0) is 0 Å². The van der Waals surface area contributed by atoms with Crippen LogP contribution in [0.1, 0.15) is 11.9 Å². The topological polar surface area (TPSA) is 80.7 Å². The van der Waals surface area contributed by atoms with Crippen LogP contribution < -0.4 is 11.5 Å². The molecule has 0 aliphatic rings. The van der Waals surface area contributed by atoms with Gasteiger partial charge in [-0.25, -0.2) is 0 Å². The van der Waals surface area contributed by atoms with E-state index >= 15 is 0 Å². The third kappa shape index (κ3) is 1.66. The predicted octanol–water partition coefficient (Wildman–Crippen LogP) is 0.993. The zero-order valence-corrected chi connectivity index (χ0v) is 7.64. The molecule has 0 saturated heterocycles. The average molecular weight is 188 g/mol. The van der Waals surface area contributed by atoms with Gasteiger partial charge in [-0.1, -0.05) is 30.3 Å². The Morgan fingerprint density at radius 2 is 1.86 bits per heavy atom. The zero-order valence-electron chi connectivity index (χ0n) is 7.64. The second-order valence-electron chi connectivity index (χ2n) is 3.10. The highest BCUT2D eigenvalue weighted by molar-refractivity contribution is 5.58.